The summed E-state index contributed by atoms with van der Waals surface area (Å²) in [7, 11) is 10.3. The average Bonchev–Trinajstić information content (AvgIpc) is 2.40. The van der Waals surface area contributed by atoms with Gasteiger partial charge >= 0.3 is 0 Å². The van der Waals surface area contributed by atoms with E-state index in [-0.39, 0.29) is 0 Å². The van der Waals surface area contributed by atoms with Crippen molar-refractivity contribution in [2.45, 2.75) is 80.3 Å². The van der Waals surface area contributed by atoms with E-state index in [0.717, 1.165) is 0 Å². The molecule has 0 atom stereocenters. The van der Waals surface area contributed by atoms with Crippen LogP contribution in [0.15, 0.2) is 0 Å². The van der Waals surface area contributed by atoms with Gasteiger partial charge in [-0.25, -0.2) is 0 Å². The van der Waals surface area contributed by atoms with Gasteiger partial charge in [0.2, 0.25) is 0 Å². The summed E-state index contributed by atoms with van der Waals surface area (Å²) in [6.45, 7) is 19.8. The van der Waals surface area contributed by atoms with Gasteiger partial charge in [0.05, 0.1) is 0 Å². The zero-order valence-electron chi connectivity index (χ0n) is 18.3. The highest BCUT2D eigenvalue weighted by atomic mass is 15.1. The molecule has 0 amide bonds. The van der Waals surface area contributed by atoms with Gasteiger partial charge in [0.1, 0.15) is 0 Å². The summed E-state index contributed by atoms with van der Waals surface area (Å²) in [5.41, 5.74) is 0. The fourth-order valence-corrected chi connectivity index (χ4v) is 1.47. The molecular formula is C19H49N3. The molecule has 0 unspecified atom stereocenters. The zero-order valence-corrected chi connectivity index (χ0v) is 18.3. The van der Waals surface area contributed by atoms with Crippen LogP contribution in [0.3, 0.4) is 0 Å². The lowest BCUT2D eigenvalue weighted by Crippen LogP contribution is -2.32. The summed E-state index contributed by atoms with van der Waals surface area (Å²) in [5, 5.41) is 0. The standard InChI is InChI=1S/2C7H17N.C3H9N.C2H6/c1-6(2)8(5)7(3)4;1-4-6-8(3)7-5-2;1-4(2)3;1-2/h6-7H,1-5H3;4-7H2,1-3H3;1-3H3;1-2H3. The average molecular weight is 320 g/mol. The van der Waals surface area contributed by atoms with Crippen molar-refractivity contribution in [1.29, 1.82) is 0 Å². The molecule has 3 heteroatoms. The Kier molecular flexibility index (Phi) is 31.4. The van der Waals surface area contributed by atoms with Crippen molar-refractivity contribution in [2.75, 3.05) is 48.3 Å². The van der Waals surface area contributed by atoms with Gasteiger partial charge in [-0.1, -0.05) is 27.7 Å². The molecule has 140 valence electrons. The van der Waals surface area contributed by atoms with Crippen LogP contribution in [-0.2, 0) is 0 Å². The maximum atomic E-state index is 2.36. The molecule has 0 saturated carbocycles. The second-order valence-corrected chi connectivity index (χ2v) is 6.50. The Bertz CT molecular complexity index is 151. The molecule has 0 radical (unpaired) electrons. The summed E-state index contributed by atoms with van der Waals surface area (Å²) in [6.07, 6.45) is 2.55. The highest BCUT2D eigenvalue weighted by molar-refractivity contribution is 4.60. The monoisotopic (exact) mass is 319 g/mol. The second kappa shape index (κ2) is 23.2. The molecule has 0 fully saturated rings. The molecule has 0 aliphatic carbocycles. The molecule has 0 aliphatic heterocycles. The normalized spacial score (nSPS) is 10.1. The topological polar surface area (TPSA) is 9.72 Å². The van der Waals surface area contributed by atoms with Gasteiger partial charge in [-0.15, -0.1) is 0 Å². The van der Waals surface area contributed by atoms with Gasteiger partial charge in [-0.2, -0.15) is 0 Å². The molecule has 22 heavy (non-hydrogen) atoms. The smallest absolute Gasteiger partial charge is 0.00382 e. The van der Waals surface area contributed by atoms with E-state index in [9.17, 15) is 0 Å². The summed E-state index contributed by atoms with van der Waals surface area (Å²) < 4.78 is 0. The number of rotatable bonds is 6. The van der Waals surface area contributed by atoms with E-state index in [4.69, 9.17) is 0 Å². The summed E-state index contributed by atoms with van der Waals surface area (Å²) >= 11 is 0. The molecule has 0 rings (SSSR count). The van der Waals surface area contributed by atoms with E-state index in [2.05, 4.69) is 65.4 Å². The first-order valence-electron chi connectivity index (χ1n) is 9.11. The van der Waals surface area contributed by atoms with Crippen molar-refractivity contribution < 1.29 is 0 Å². The summed E-state index contributed by atoms with van der Waals surface area (Å²) in [6, 6.07) is 1.35. The van der Waals surface area contributed by atoms with Gasteiger partial charge in [-0.3, -0.25) is 0 Å². The fourth-order valence-electron chi connectivity index (χ4n) is 1.47. The maximum Gasteiger partial charge on any atom is 0.00382 e. The van der Waals surface area contributed by atoms with Crippen LogP contribution < -0.4 is 0 Å². The quantitative estimate of drug-likeness (QED) is 0.704. The van der Waals surface area contributed by atoms with Crippen LogP contribution in [0, 0.1) is 0 Å². The number of hydrogen-bond acceptors (Lipinski definition) is 3. The molecule has 0 heterocycles. The predicted molar refractivity (Wildman–Crippen MR) is 107 cm³/mol. The molecule has 0 spiro atoms. The lowest BCUT2D eigenvalue weighted by atomic mass is 10.3. The Morgan fingerprint density at radius 2 is 0.864 bits per heavy atom. The van der Waals surface area contributed by atoms with Gasteiger partial charge in [0.15, 0.2) is 0 Å². The van der Waals surface area contributed by atoms with Gasteiger partial charge in [0.25, 0.3) is 0 Å². The van der Waals surface area contributed by atoms with Gasteiger partial charge < -0.3 is 14.7 Å². The molecule has 3 nitrogen and oxygen atoms in total. The van der Waals surface area contributed by atoms with E-state index in [1.54, 1.807) is 0 Å². The third kappa shape index (κ3) is 36.8. The van der Waals surface area contributed by atoms with E-state index in [1.165, 1.54) is 25.9 Å². The summed E-state index contributed by atoms with van der Waals surface area (Å²) in [4.78, 5) is 6.69. The summed E-state index contributed by atoms with van der Waals surface area (Å²) in [5.74, 6) is 0. The third-order valence-corrected chi connectivity index (χ3v) is 2.84. The van der Waals surface area contributed by atoms with E-state index < -0.39 is 0 Å². The lowest BCUT2D eigenvalue weighted by Gasteiger charge is -2.24. The first-order chi connectivity index (χ1) is 10.1. The molecule has 0 N–H and O–H groups in total. The molecule has 0 aromatic rings. The van der Waals surface area contributed by atoms with Crippen molar-refractivity contribution >= 4 is 0 Å². The second-order valence-electron chi connectivity index (χ2n) is 6.50. The van der Waals surface area contributed by atoms with Crippen LogP contribution in [0.1, 0.15) is 68.2 Å². The zero-order chi connectivity index (χ0) is 18.7. The van der Waals surface area contributed by atoms with E-state index in [1.807, 2.05) is 39.9 Å². The Labute approximate surface area is 144 Å². The SMILES string of the molecule is CC.CC(C)N(C)C(C)C.CCCN(C)CCC.CN(C)C. The first kappa shape index (κ1) is 29.8. The van der Waals surface area contributed by atoms with E-state index in [0.29, 0.717) is 12.1 Å². The first-order valence-corrected chi connectivity index (χ1v) is 9.11. The van der Waals surface area contributed by atoms with Gasteiger partial charge in [-0.05, 0) is 88.9 Å². The molecule has 0 aromatic heterocycles. The largest absolute Gasteiger partial charge is 0.312 e. The Morgan fingerprint density at radius 3 is 0.955 bits per heavy atom. The Morgan fingerprint density at radius 1 is 0.636 bits per heavy atom. The predicted octanol–water partition coefficient (Wildman–Crippen LogP) is 4.68. The molecule has 0 aromatic carbocycles. The van der Waals surface area contributed by atoms with Crippen LogP contribution in [0.25, 0.3) is 0 Å². The lowest BCUT2D eigenvalue weighted by molar-refractivity contribution is 0.222. The van der Waals surface area contributed by atoms with Crippen molar-refractivity contribution in [3.8, 4) is 0 Å². The molecule has 0 aliphatic rings. The minimum Gasteiger partial charge on any atom is -0.312 e. The van der Waals surface area contributed by atoms with Crippen LogP contribution >= 0.6 is 0 Å². The highest BCUT2D eigenvalue weighted by Gasteiger charge is 2.04. The van der Waals surface area contributed by atoms with Crippen molar-refractivity contribution in [3.05, 3.63) is 0 Å². The molecule has 0 saturated heterocycles. The fraction of sp³-hybridized carbons (Fsp3) is 1.00. The van der Waals surface area contributed by atoms with Crippen molar-refractivity contribution in [1.82, 2.24) is 14.7 Å². The van der Waals surface area contributed by atoms with Crippen LogP contribution in [0.2, 0.25) is 0 Å². The number of nitrogens with zero attached hydrogens (tertiary/aromatic N) is 3. The minimum atomic E-state index is 0.676. The van der Waals surface area contributed by atoms with Crippen molar-refractivity contribution in [3.63, 3.8) is 0 Å². The Hall–Kier alpha value is -0.120. The highest BCUT2D eigenvalue weighted by Crippen LogP contribution is 1.98. The van der Waals surface area contributed by atoms with Gasteiger partial charge in [0, 0.05) is 12.1 Å². The van der Waals surface area contributed by atoms with Crippen LogP contribution in [0.4, 0.5) is 0 Å². The molecular weight excluding hydrogens is 270 g/mol. The maximum absolute atomic E-state index is 2.36. The van der Waals surface area contributed by atoms with Crippen LogP contribution in [0.5, 0.6) is 0 Å². The third-order valence-electron chi connectivity index (χ3n) is 2.84. The minimum absolute atomic E-state index is 0.676. The van der Waals surface area contributed by atoms with E-state index >= 15 is 0 Å². The van der Waals surface area contributed by atoms with Crippen LogP contribution in [-0.4, -0.2) is 75.1 Å². The van der Waals surface area contributed by atoms with Crippen molar-refractivity contribution in [2.24, 2.45) is 0 Å². The Balaban J connectivity index is -0.000000109. The molecule has 0 bridgehead atoms. The number of hydrogen-bond donors (Lipinski definition) is 0.